The summed E-state index contributed by atoms with van der Waals surface area (Å²) in [5.41, 5.74) is 3.35. The molecular weight excluding hydrogens is 112 g/mol. The van der Waals surface area contributed by atoms with E-state index in [1.807, 2.05) is 6.20 Å². The average Bonchev–Trinajstić information content (AvgIpc) is 2.15. The van der Waals surface area contributed by atoms with E-state index in [4.69, 9.17) is 0 Å². The Balaban J connectivity index is 2.66. The summed E-state index contributed by atoms with van der Waals surface area (Å²) in [5, 5.41) is 2.12. The van der Waals surface area contributed by atoms with Gasteiger partial charge in [-0.2, -0.15) is 0 Å². The molecule has 52 valence electrons. The summed E-state index contributed by atoms with van der Waals surface area (Å²) in [5.74, 6) is 0. The highest BCUT2D eigenvalue weighted by atomic mass is 15.5. The lowest BCUT2D eigenvalue weighted by atomic mass is 10.0. The summed E-state index contributed by atoms with van der Waals surface area (Å²) in [7, 11) is 2.06. The van der Waals surface area contributed by atoms with Crippen molar-refractivity contribution < 1.29 is 0 Å². The molecule has 1 atom stereocenters. The Bertz CT molecular complexity index is 131. The van der Waals surface area contributed by atoms with Gasteiger partial charge < -0.3 is 5.43 Å². The quantitative estimate of drug-likeness (QED) is 0.566. The van der Waals surface area contributed by atoms with E-state index in [0.29, 0.717) is 0 Å². The largest absolute Gasteiger partial charge is 0.326 e. The molecular formula is C7H14N2. The highest BCUT2D eigenvalue weighted by molar-refractivity contribution is 5.07. The molecule has 2 heteroatoms. The molecule has 0 radical (unpaired) electrons. The van der Waals surface area contributed by atoms with Crippen molar-refractivity contribution in [3.8, 4) is 0 Å². The van der Waals surface area contributed by atoms with Gasteiger partial charge >= 0.3 is 0 Å². The predicted octanol–water partition coefficient (Wildman–Crippen LogP) is 1.12. The number of nitrogens with one attached hydrogen (secondary N) is 1. The van der Waals surface area contributed by atoms with Crippen LogP contribution in [-0.4, -0.2) is 17.6 Å². The molecule has 0 aromatic rings. The lowest BCUT2D eigenvalue weighted by Crippen LogP contribution is -2.42. The van der Waals surface area contributed by atoms with Crippen molar-refractivity contribution in [2.75, 3.05) is 7.05 Å². The van der Waals surface area contributed by atoms with Gasteiger partial charge in [0.15, 0.2) is 0 Å². The number of rotatable bonds is 1. The van der Waals surface area contributed by atoms with Gasteiger partial charge in [-0.15, -0.1) is 0 Å². The third kappa shape index (κ3) is 0.944. The number of hydrogen-bond acceptors (Lipinski definition) is 2. The fraction of sp³-hybridized carbons (Fsp3) is 0.714. The van der Waals surface area contributed by atoms with Crippen LogP contribution in [-0.2, 0) is 0 Å². The van der Waals surface area contributed by atoms with Crippen molar-refractivity contribution in [2.24, 2.45) is 0 Å². The minimum absolute atomic E-state index is 0.236. The monoisotopic (exact) mass is 126 g/mol. The second-order valence-electron chi connectivity index (χ2n) is 2.73. The minimum atomic E-state index is 0.236. The van der Waals surface area contributed by atoms with E-state index in [1.165, 1.54) is 0 Å². The van der Waals surface area contributed by atoms with Gasteiger partial charge in [0.2, 0.25) is 0 Å². The maximum Gasteiger partial charge on any atom is 0.0563 e. The summed E-state index contributed by atoms with van der Waals surface area (Å²) < 4.78 is 0. The lowest BCUT2D eigenvalue weighted by Gasteiger charge is -2.29. The van der Waals surface area contributed by atoms with Crippen molar-refractivity contribution in [2.45, 2.75) is 25.8 Å². The molecule has 1 heterocycles. The molecule has 9 heavy (non-hydrogen) atoms. The van der Waals surface area contributed by atoms with E-state index in [2.05, 4.69) is 37.4 Å². The fourth-order valence-electron chi connectivity index (χ4n) is 0.943. The second-order valence-corrected chi connectivity index (χ2v) is 2.73. The Kier molecular flexibility index (Phi) is 1.49. The van der Waals surface area contributed by atoms with Crippen LogP contribution < -0.4 is 5.43 Å². The average molecular weight is 126 g/mol. The molecule has 0 fully saturated rings. The van der Waals surface area contributed by atoms with Gasteiger partial charge in [-0.05, 0) is 19.4 Å². The highest BCUT2D eigenvalue weighted by Crippen LogP contribution is 2.20. The van der Waals surface area contributed by atoms with Gasteiger partial charge in [-0.1, -0.05) is 6.92 Å². The molecule has 2 nitrogen and oxygen atoms in total. The third-order valence-corrected chi connectivity index (χ3v) is 2.19. The lowest BCUT2D eigenvalue weighted by molar-refractivity contribution is 0.161. The van der Waals surface area contributed by atoms with Gasteiger partial charge in [0, 0.05) is 13.2 Å². The van der Waals surface area contributed by atoms with Crippen molar-refractivity contribution in [3.05, 3.63) is 12.3 Å². The molecule has 1 aliphatic rings. The first-order valence-electron chi connectivity index (χ1n) is 3.37. The van der Waals surface area contributed by atoms with Crippen LogP contribution in [0.25, 0.3) is 0 Å². The molecule has 0 bridgehead atoms. The Morgan fingerprint density at radius 2 is 2.33 bits per heavy atom. The molecule has 1 aliphatic heterocycles. The molecule has 1 N–H and O–H groups in total. The predicted molar refractivity (Wildman–Crippen MR) is 38.7 cm³/mol. The second kappa shape index (κ2) is 2.03. The third-order valence-electron chi connectivity index (χ3n) is 2.19. The molecule has 1 unspecified atom stereocenters. The number of likely N-dealkylation sites (N-methyl/N-ethyl adjacent to an activating group) is 1. The van der Waals surface area contributed by atoms with Crippen LogP contribution in [0.2, 0.25) is 0 Å². The SMILES string of the molecule is CCC1(C)C=CNN1C. The van der Waals surface area contributed by atoms with Crippen LogP contribution in [0.3, 0.4) is 0 Å². The number of hydrogen-bond donors (Lipinski definition) is 1. The van der Waals surface area contributed by atoms with E-state index >= 15 is 0 Å². The zero-order chi connectivity index (χ0) is 6.91. The van der Waals surface area contributed by atoms with E-state index in [9.17, 15) is 0 Å². The minimum Gasteiger partial charge on any atom is -0.326 e. The summed E-state index contributed by atoms with van der Waals surface area (Å²) in [6, 6.07) is 0. The maximum absolute atomic E-state index is 3.11. The van der Waals surface area contributed by atoms with Crippen LogP contribution >= 0.6 is 0 Å². The van der Waals surface area contributed by atoms with E-state index < -0.39 is 0 Å². The van der Waals surface area contributed by atoms with Gasteiger partial charge in [-0.3, -0.25) is 0 Å². The molecule has 0 aromatic carbocycles. The molecule has 0 amide bonds. The van der Waals surface area contributed by atoms with Gasteiger partial charge in [0.05, 0.1) is 5.54 Å². The Morgan fingerprint density at radius 3 is 2.56 bits per heavy atom. The Hall–Kier alpha value is -0.500. The smallest absolute Gasteiger partial charge is 0.0563 e. The molecule has 0 spiro atoms. The van der Waals surface area contributed by atoms with E-state index in [1.54, 1.807) is 0 Å². The number of nitrogens with zero attached hydrogens (tertiary/aromatic N) is 1. The Morgan fingerprint density at radius 1 is 1.67 bits per heavy atom. The first-order valence-corrected chi connectivity index (χ1v) is 3.37. The molecule has 0 saturated heterocycles. The van der Waals surface area contributed by atoms with Crippen LogP contribution in [0, 0.1) is 0 Å². The molecule has 0 aromatic heterocycles. The standard InChI is InChI=1S/C7H14N2/c1-4-7(2)5-6-8-9(7)3/h5-6,8H,4H2,1-3H3. The number of hydrazine groups is 1. The van der Waals surface area contributed by atoms with Gasteiger partial charge in [-0.25, -0.2) is 5.01 Å². The molecule has 0 saturated carbocycles. The van der Waals surface area contributed by atoms with Gasteiger partial charge in [0.1, 0.15) is 0 Å². The maximum atomic E-state index is 3.11. The fourth-order valence-corrected chi connectivity index (χ4v) is 0.943. The zero-order valence-corrected chi connectivity index (χ0v) is 6.31. The van der Waals surface area contributed by atoms with E-state index in [0.717, 1.165) is 6.42 Å². The van der Waals surface area contributed by atoms with Crippen molar-refractivity contribution in [1.82, 2.24) is 10.4 Å². The summed E-state index contributed by atoms with van der Waals surface area (Å²) >= 11 is 0. The first-order chi connectivity index (χ1) is 4.19. The highest BCUT2D eigenvalue weighted by Gasteiger charge is 2.26. The van der Waals surface area contributed by atoms with Crippen molar-refractivity contribution in [1.29, 1.82) is 0 Å². The van der Waals surface area contributed by atoms with Crippen LogP contribution in [0.4, 0.5) is 0 Å². The van der Waals surface area contributed by atoms with Crippen LogP contribution in [0.15, 0.2) is 12.3 Å². The van der Waals surface area contributed by atoms with E-state index in [-0.39, 0.29) is 5.54 Å². The van der Waals surface area contributed by atoms with Crippen molar-refractivity contribution >= 4 is 0 Å². The molecule has 0 aliphatic carbocycles. The normalized spacial score (nSPS) is 35.0. The Labute approximate surface area is 56.5 Å². The summed E-state index contributed by atoms with van der Waals surface area (Å²) in [6.45, 7) is 4.40. The molecule has 1 rings (SSSR count). The van der Waals surface area contributed by atoms with Gasteiger partial charge in [0.25, 0.3) is 0 Å². The summed E-state index contributed by atoms with van der Waals surface area (Å²) in [6.07, 6.45) is 5.32. The van der Waals surface area contributed by atoms with Crippen molar-refractivity contribution in [3.63, 3.8) is 0 Å². The summed E-state index contributed by atoms with van der Waals surface area (Å²) in [4.78, 5) is 0. The topological polar surface area (TPSA) is 15.3 Å². The zero-order valence-electron chi connectivity index (χ0n) is 6.31. The first kappa shape index (κ1) is 6.62. The van der Waals surface area contributed by atoms with Crippen LogP contribution in [0.5, 0.6) is 0 Å². The van der Waals surface area contributed by atoms with Crippen LogP contribution in [0.1, 0.15) is 20.3 Å².